The Labute approximate surface area is 288 Å². The molecule has 0 saturated carbocycles. The van der Waals surface area contributed by atoms with Gasteiger partial charge in [0.25, 0.3) is 0 Å². The van der Waals surface area contributed by atoms with Crippen molar-refractivity contribution in [2.45, 2.75) is 19.8 Å². The molecule has 0 fully saturated rings. The van der Waals surface area contributed by atoms with Crippen LogP contribution in [-0.2, 0) is 25.9 Å². The van der Waals surface area contributed by atoms with Crippen LogP contribution in [0.2, 0.25) is 0 Å². The van der Waals surface area contributed by atoms with E-state index in [1.165, 1.54) is 5.56 Å². The summed E-state index contributed by atoms with van der Waals surface area (Å²) >= 11 is 0. The van der Waals surface area contributed by atoms with E-state index in [1.807, 2.05) is 60.7 Å². The van der Waals surface area contributed by atoms with Gasteiger partial charge in [-0.25, -0.2) is 4.98 Å². The number of fused-ring (bicyclic) bond motifs is 2. The number of pyridine rings is 2. The molecule has 2 aromatic heterocycles. The Morgan fingerprint density at radius 3 is 1.83 bits per heavy atom. The molecule has 0 aliphatic rings. The number of benzene rings is 5. The van der Waals surface area contributed by atoms with Crippen molar-refractivity contribution in [2.24, 2.45) is 0 Å². The number of anilines is 3. The molecule has 0 amide bonds. The summed E-state index contributed by atoms with van der Waals surface area (Å²) in [6.45, 7) is 2.21. The Kier molecular flexibility index (Phi) is 11.1. The van der Waals surface area contributed by atoms with Gasteiger partial charge in [-0.2, -0.15) is 0 Å². The largest absolute Gasteiger partial charge is 0.506 e. The van der Waals surface area contributed by atoms with Crippen molar-refractivity contribution in [3.05, 3.63) is 163 Å². The monoisotopic (exact) mass is 665 g/mol. The van der Waals surface area contributed by atoms with Gasteiger partial charge in [0.05, 0.1) is 5.69 Å². The molecule has 2 heterocycles. The maximum absolute atomic E-state index is 10.1. The normalized spacial score (nSPS) is 10.7. The molecule has 0 atom stereocenters. The first-order valence-corrected chi connectivity index (χ1v) is 15.4. The molecule has 5 nitrogen and oxygen atoms in total. The van der Waals surface area contributed by atoms with Crippen molar-refractivity contribution in [2.75, 3.05) is 4.90 Å². The average molecular weight is 667 g/mol. The van der Waals surface area contributed by atoms with Crippen LogP contribution in [0.1, 0.15) is 30.2 Å². The van der Waals surface area contributed by atoms with Crippen molar-refractivity contribution < 1.29 is 29.7 Å². The van der Waals surface area contributed by atoms with Gasteiger partial charge in [-0.1, -0.05) is 98.3 Å². The van der Waals surface area contributed by atoms with Crippen LogP contribution < -0.4 is 4.90 Å². The molecule has 7 rings (SSSR count). The van der Waals surface area contributed by atoms with Crippen molar-refractivity contribution in [3.8, 4) is 11.5 Å². The first kappa shape index (κ1) is 33.1. The molecule has 7 aromatic rings. The summed E-state index contributed by atoms with van der Waals surface area (Å²) in [5.41, 5.74) is 7.90. The number of nitrogens with zero attached hydrogens (tertiary/aromatic N) is 3. The van der Waals surface area contributed by atoms with Crippen molar-refractivity contribution >= 4 is 51.0 Å². The van der Waals surface area contributed by atoms with Crippen LogP contribution in [0.4, 0.5) is 17.1 Å². The van der Waals surface area contributed by atoms with Crippen LogP contribution in [0.3, 0.4) is 0 Å². The number of rotatable bonds is 7. The minimum Gasteiger partial charge on any atom is -0.506 e. The van der Waals surface area contributed by atoms with Gasteiger partial charge in [-0.3, -0.25) is 4.98 Å². The number of aryl methyl sites for hydroxylation is 1. The molecule has 0 spiro atoms. The van der Waals surface area contributed by atoms with Crippen LogP contribution in [0.5, 0.6) is 11.5 Å². The zero-order valence-corrected chi connectivity index (χ0v) is 29.3. The first-order valence-electron chi connectivity index (χ1n) is 15.4. The van der Waals surface area contributed by atoms with Gasteiger partial charge in [0.1, 0.15) is 22.5 Å². The maximum atomic E-state index is 10.1. The Hall–Kier alpha value is -5.32. The van der Waals surface area contributed by atoms with E-state index >= 15 is 0 Å². The fourth-order valence-electron chi connectivity index (χ4n) is 5.37. The van der Waals surface area contributed by atoms with E-state index in [1.54, 1.807) is 24.4 Å². The fourth-order valence-corrected chi connectivity index (χ4v) is 5.37. The molecule has 6 heteroatoms. The maximum Gasteiger partial charge on any atom is 0.141 e. The standard InChI is InChI=1S/C32H28N2O.C9H7NO.Zn/c1-2-7-24-13-20-29(21-14-24)34(28-9-4-3-5-10-28)30-22-15-25(16-23-30)12-18-27-19-17-26-8-6-11-31(35)32(26)33-27;11-8-5-1-3-7-4-2-6-10-9(7)8;/h3-6,8-23,35H,2,7H2,1H3;1-6,11H;/b18-12+;;. The minimum atomic E-state index is 0. The molecular weight excluding hydrogens is 632 g/mol. The van der Waals surface area contributed by atoms with Crippen LogP contribution in [0, 0.1) is 0 Å². The van der Waals surface area contributed by atoms with Crippen molar-refractivity contribution in [1.29, 1.82) is 0 Å². The van der Waals surface area contributed by atoms with Crippen LogP contribution in [-0.4, -0.2) is 20.2 Å². The number of aromatic nitrogens is 2. The summed E-state index contributed by atoms with van der Waals surface area (Å²) in [6, 6.07) is 46.3. The SMILES string of the molecule is CCCc1ccc(N(c2ccccc2)c2ccc(/C=C/c3ccc4cccc(O)c4n3)cc2)cc1.Oc1cccc2cccnc12.[Zn]. The molecule has 5 aromatic carbocycles. The summed E-state index contributed by atoms with van der Waals surface area (Å²) in [6.07, 6.45) is 7.93. The third kappa shape index (κ3) is 8.10. The van der Waals surface area contributed by atoms with E-state index in [0.717, 1.165) is 51.9 Å². The summed E-state index contributed by atoms with van der Waals surface area (Å²) in [4.78, 5) is 10.9. The van der Waals surface area contributed by atoms with Crippen LogP contribution in [0.25, 0.3) is 34.0 Å². The van der Waals surface area contributed by atoms with Gasteiger partial charge in [0.15, 0.2) is 0 Å². The second-order valence-corrected chi connectivity index (χ2v) is 10.9. The predicted octanol–water partition coefficient (Wildman–Crippen LogP) is 10.5. The van der Waals surface area contributed by atoms with E-state index in [2.05, 4.69) is 94.6 Å². The predicted molar refractivity (Wildman–Crippen MR) is 191 cm³/mol. The van der Waals surface area contributed by atoms with E-state index in [9.17, 15) is 10.2 Å². The number of hydrogen-bond donors (Lipinski definition) is 2. The second-order valence-electron chi connectivity index (χ2n) is 10.9. The zero-order valence-electron chi connectivity index (χ0n) is 26.4. The zero-order chi connectivity index (χ0) is 31.7. The average Bonchev–Trinajstić information content (AvgIpc) is 3.10. The summed E-state index contributed by atoms with van der Waals surface area (Å²) < 4.78 is 0. The summed E-state index contributed by atoms with van der Waals surface area (Å²) in [5.74, 6) is 0.439. The van der Waals surface area contributed by atoms with E-state index in [0.29, 0.717) is 11.0 Å². The molecule has 228 valence electrons. The summed E-state index contributed by atoms with van der Waals surface area (Å²) in [5, 5.41) is 21.3. The molecule has 0 bridgehead atoms. The van der Waals surface area contributed by atoms with Gasteiger partial charge >= 0.3 is 0 Å². The van der Waals surface area contributed by atoms with E-state index < -0.39 is 0 Å². The van der Waals surface area contributed by atoms with E-state index in [-0.39, 0.29) is 31.0 Å². The fraction of sp³-hybridized carbons (Fsp3) is 0.0732. The smallest absolute Gasteiger partial charge is 0.141 e. The molecule has 2 N–H and O–H groups in total. The van der Waals surface area contributed by atoms with Gasteiger partial charge in [-0.05, 0) is 84.3 Å². The second kappa shape index (κ2) is 15.8. The number of hydrogen-bond acceptors (Lipinski definition) is 5. The number of aromatic hydroxyl groups is 2. The van der Waals surface area contributed by atoms with Crippen molar-refractivity contribution in [3.63, 3.8) is 0 Å². The molecule has 0 aliphatic carbocycles. The topological polar surface area (TPSA) is 69.5 Å². The first-order chi connectivity index (χ1) is 22.6. The van der Waals surface area contributed by atoms with Crippen molar-refractivity contribution in [1.82, 2.24) is 9.97 Å². The molecule has 47 heavy (non-hydrogen) atoms. The molecule has 0 radical (unpaired) electrons. The van der Waals surface area contributed by atoms with Gasteiger partial charge in [-0.15, -0.1) is 0 Å². The third-order valence-corrected chi connectivity index (χ3v) is 7.68. The summed E-state index contributed by atoms with van der Waals surface area (Å²) in [7, 11) is 0. The van der Waals surface area contributed by atoms with Crippen LogP contribution in [0.15, 0.2) is 146 Å². The molecule has 0 aliphatic heterocycles. The van der Waals surface area contributed by atoms with Gasteiger partial charge in [0.2, 0.25) is 0 Å². The molecule has 0 saturated heterocycles. The quantitative estimate of drug-likeness (QED) is 0.166. The Bertz CT molecular complexity index is 2070. The number of phenols is 2. The molecular formula is C41H35N3O2Zn. The van der Waals surface area contributed by atoms with E-state index in [4.69, 9.17) is 0 Å². The van der Waals surface area contributed by atoms with Gasteiger partial charge < -0.3 is 15.1 Å². The minimum absolute atomic E-state index is 0. The number of phenolic OH excluding ortho intramolecular Hbond substituents is 2. The third-order valence-electron chi connectivity index (χ3n) is 7.68. The Morgan fingerprint density at radius 1 is 0.574 bits per heavy atom. The van der Waals surface area contributed by atoms with Gasteiger partial charge in [0, 0.05) is 53.5 Å². The molecule has 0 unspecified atom stereocenters. The number of para-hydroxylation sites is 3. The van der Waals surface area contributed by atoms with Crippen LogP contribution >= 0.6 is 0 Å². The Balaban J connectivity index is 0.000000305. The Morgan fingerprint density at radius 2 is 1.17 bits per heavy atom.